The van der Waals surface area contributed by atoms with Gasteiger partial charge in [0.05, 0.1) is 22.6 Å². The van der Waals surface area contributed by atoms with E-state index in [4.69, 9.17) is 10.5 Å². The molecule has 1 unspecified atom stereocenters. The number of hydrogen-bond acceptors (Lipinski definition) is 5. The molecule has 0 radical (unpaired) electrons. The van der Waals surface area contributed by atoms with Crippen molar-refractivity contribution in [3.05, 3.63) is 29.8 Å². The number of nitrogens with two attached hydrogens (primary N) is 1. The highest BCUT2D eigenvalue weighted by Gasteiger charge is 2.39. The molecule has 0 spiro atoms. The molecule has 7 nitrogen and oxygen atoms in total. The third kappa shape index (κ3) is 3.97. The molecular weight excluding hydrogens is 308 g/mol. The molecule has 1 heterocycles. The van der Waals surface area contributed by atoms with Crippen LogP contribution in [-0.4, -0.2) is 43.9 Å². The second-order valence-electron chi connectivity index (χ2n) is 5.60. The highest BCUT2D eigenvalue weighted by atomic mass is 32.2. The van der Waals surface area contributed by atoms with Crippen molar-refractivity contribution in [3.8, 4) is 5.75 Å². The third-order valence-electron chi connectivity index (χ3n) is 3.46. The minimum atomic E-state index is -3.10. The Bertz CT molecular complexity index is 701. The topological polar surface area (TPSA) is 116 Å². The van der Waals surface area contributed by atoms with E-state index in [1.165, 1.54) is 12.1 Å². The number of para-hydroxylation sites is 1. The van der Waals surface area contributed by atoms with E-state index in [1.54, 1.807) is 19.1 Å². The molecule has 8 heteroatoms. The van der Waals surface area contributed by atoms with Gasteiger partial charge in [-0.1, -0.05) is 12.1 Å². The molecule has 120 valence electrons. The summed E-state index contributed by atoms with van der Waals surface area (Å²) in [5.74, 6) is -0.892. The van der Waals surface area contributed by atoms with Crippen LogP contribution in [0.15, 0.2) is 24.3 Å². The number of carbonyl (C=O) groups excluding carboxylic acids is 2. The van der Waals surface area contributed by atoms with E-state index in [9.17, 15) is 18.0 Å². The minimum absolute atomic E-state index is 0.0646. The van der Waals surface area contributed by atoms with Gasteiger partial charge in [-0.3, -0.25) is 9.59 Å². The second-order valence-corrected chi connectivity index (χ2v) is 7.78. The Morgan fingerprint density at radius 3 is 2.64 bits per heavy atom. The van der Waals surface area contributed by atoms with Crippen LogP contribution >= 0.6 is 0 Å². The Kier molecular flexibility index (Phi) is 4.41. The first-order valence-corrected chi connectivity index (χ1v) is 8.56. The van der Waals surface area contributed by atoms with Gasteiger partial charge in [0.1, 0.15) is 5.75 Å². The molecule has 1 saturated heterocycles. The molecule has 2 rings (SSSR count). The fraction of sp³-hybridized carbons (Fsp3) is 0.429. The molecule has 2 amide bonds. The van der Waals surface area contributed by atoms with Crippen LogP contribution in [0.1, 0.15) is 23.7 Å². The molecule has 3 N–H and O–H groups in total. The third-order valence-corrected chi connectivity index (χ3v) is 5.36. The van der Waals surface area contributed by atoms with Gasteiger partial charge >= 0.3 is 0 Å². The number of ether oxygens (including phenoxy) is 1. The normalized spacial score (nSPS) is 23.0. The highest BCUT2D eigenvalue weighted by molar-refractivity contribution is 7.91. The zero-order chi connectivity index (χ0) is 16.4. The molecule has 0 aliphatic carbocycles. The molecule has 0 aromatic heterocycles. The molecule has 1 aromatic rings. The molecule has 1 atom stereocenters. The standard InChI is InChI=1S/C14H18N2O5S/c1-14(6-7-22(19,20)9-14)16-12(17)8-21-11-5-3-2-4-10(11)13(15)18/h2-5H,6-9H2,1H3,(H2,15,18)(H,16,17). The molecule has 0 bridgehead atoms. The number of hydrogen-bond donors (Lipinski definition) is 2. The Morgan fingerprint density at radius 2 is 2.05 bits per heavy atom. The van der Waals surface area contributed by atoms with Gasteiger partial charge in [-0.05, 0) is 25.5 Å². The van der Waals surface area contributed by atoms with Crippen LogP contribution in [0.2, 0.25) is 0 Å². The van der Waals surface area contributed by atoms with E-state index in [-0.39, 0.29) is 29.4 Å². The van der Waals surface area contributed by atoms with Crippen molar-refractivity contribution < 1.29 is 22.7 Å². The lowest BCUT2D eigenvalue weighted by atomic mass is 10.0. The van der Waals surface area contributed by atoms with Crippen LogP contribution in [0.5, 0.6) is 5.75 Å². The maximum Gasteiger partial charge on any atom is 0.258 e. The van der Waals surface area contributed by atoms with Crippen molar-refractivity contribution in [2.24, 2.45) is 5.73 Å². The molecule has 1 aromatic carbocycles. The van der Waals surface area contributed by atoms with Crippen LogP contribution in [0, 0.1) is 0 Å². The number of nitrogens with one attached hydrogen (secondary N) is 1. The molecule has 1 aliphatic heterocycles. The lowest BCUT2D eigenvalue weighted by molar-refractivity contribution is -0.124. The predicted molar refractivity (Wildman–Crippen MR) is 80.3 cm³/mol. The van der Waals surface area contributed by atoms with E-state index in [0.717, 1.165) is 0 Å². The molecule has 22 heavy (non-hydrogen) atoms. The Morgan fingerprint density at radius 1 is 1.36 bits per heavy atom. The summed E-state index contributed by atoms with van der Waals surface area (Å²) in [4.78, 5) is 23.2. The number of sulfone groups is 1. The second kappa shape index (κ2) is 5.96. The maximum atomic E-state index is 11.9. The quantitative estimate of drug-likeness (QED) is 0.781. The summed E-state index contributed by atoms with van der Waals surface area (Å²) in [5, 5.41) is 2.67. The molecular formula is C14H18N2O5S. The number of rotatable bonds is 5. The van der Waals surface area contributed by atoms with Crippen LogP contribution in [0.25, 0.3) is 0 Å². The SMILES string of the molecule is CC1(NC(=O)COc2ccccc2C(N)=O)CCS(=O)(=O)C1. The lowest BCUT2D eigenvalue weighted by Gasteiger charge is -2.23. The Balaban J connectivity index is 1.96. The van der Waals surface area contributed by atoms with Crippen molar-refractivity contribution in [1.29, 1.82) is 0 Å². The molecule has 1 aliphatic rings. The van der Waals surface area contributed by atoms with Gasteiger partial charge in [0.25, 0.3) is 11.8 Å². The van der Waals surface area contributed by atoms with E-state index in [0.29, 0.717) is 6.42 Å². The maximum absolute atomic E-state index is 11.9. The lowest BCUT2D eigenvalue weighted by Crippen LogP contribution is -2.48. The van der Waals surface area contributed by atoms with Crippen LogP contribution in [0.4, 0.5) is 0 Å². The Hall–Kier alpha value is -2.09. The molecule has 0 saturated carbocycles. The summed E-state index contributed by atoms with van der Waals surface area (Å²) < 4.78 is 28.3. The van der Waals surface area contributed by atoms with Gasteiger partial charge < -0.3 is 15.8 Å². The highest BCUT2D eigenvalue weighted by Crippen LogP contribution is 2.23. The summed E-state index contributed by atoms with van der Waals surface area (Å²) in [6, 6.07) is 6.33. The van der Waals surface area contributed by atoms with Crippen LogP contribution in [0.3, 0.4) is 0 Å². The summed E-state index contributed by atoms with van der Waals surface area (Å²) in [7, 11) is -3.10. The first-order valence-electron chi connectivity index (χ1n) is 6.74. The number of primary amides is 1. The summed E-state index contributed by atoms with van der Waals surface area (Å²) >= 11 is 0. The first kappa shape index (κ1) is 16.3. The first-order chi connectivity index (χ1) is 10.2. The van der Waals surface area contributed by atoms with Crippen LogP contribution in [-0.2, 0) is 14.6 Å². The van der Waals surface area contributed by atoms with Crippen molar-refractivity contribution >= 4 is 21.7 Å². The monoisotopic (exact) mass is 326 g/mol. The van der Waals surface area contributed by atoms with Gasteiger partial charge in [0, 0.05) is 0 Å². The van der Waals surface area contributed by atoms with E-state index in [1.807, 2.05) is 0 Å². The van der Waals surface area contributed by atoms with E-state index < -0.39 is 27.2 Å². The van der Waals surface area contributed by atoms with E-state index >= 15 is 0 Å². The largest absolute Gasteiger partial charge is 0.483 e. The predicted octanol–water partition coefficient (Wildman–Crippen LogP) is -0.142. The van der Waals surface area contributed by atoms with Gasteiger partial charge in [-0.2, -0.15) is 0 Å². The number of amides is 2. The average Bonchev–Trinajstić information content (AvgIpc) is 2.70. The minimum Gasteiger partial charge on any atom is -0.483 e. The van der Waals surface area contributed by atoms with Crippen molar-refractivity contribution in [2.75, 3.05) is 18.1 Å². The zero-order valence-corrected chi connectivity index (χ0v) is 13.0. The van der Waals surface area contributed by atoms with Gasteiger partial charge in [0.2, 0.25) is 0 Å². The number of benzene rings is 1. The summed E-state index contributed by atoms with van der Waals surface area (Å²) in [6.07, 6.45) is 0.374. The van der Waals surface area contributed by atoms with Gasteiger partial charge in [-0.25, -0.2) is 8.42 Å². The van der Waals surface area contributed by atoms with Crippen molar-refractivity contribution in [2.45, 2.75) is 18.9 Å². The fourth-order valence-electron chi connectivity index (χ4n) is 2.42. The molecule has 1 fully saturated rings. The Labute approximate surface area is 128 Å². The fourth-order valence-corrected chi connectivity index (χ4v) is 4.51. The van der Waals surface area contributed by atoms with Crippen molar-refractivity contribution in [1.82, 2.24) is 5.32 Å². The smallest absolute Gasteiger partial charge is 0.258 e. The summed E-state index contributed by atoms with van der Waals surface area (Å²) in [6.45, 7) is 1.37. The van der Waals surface area contributed by atoms with Gasteiger partial charge in [-0.15, -0.1) is 0 Å². The number of carbonyl (C=O) groups is 2. The van der Waals surface area contributed by atoms with E-state index in [2.05, 4.69) is 5.32 Å². The van der Waals surface area contributed by atoms with Crippen LogP contribution < -0.4 is 15.8 Å². The van der Waals surface area contributed by atoms with Crippen molar-refractivity contribution in [3.63, 3.8) is 0 Å². The van der Waals surface area contributed by atoms with Gasteiger partial charge in [0.15, 0.2) is 16.4 Å². The average molecular weight is 326 g/mol. The summed E-state index contributed by atoms with van der Waals surface area (Å²) in [5.41, 5.74) is 4.63. The zero-order valence-electron chi connectivity index (χ0n) is 12.2.